The van der Waals surface area contributed by atoms with E-state index in [0.29, 0.717) is 24.3 Å². The lowest BCUT2D eigenvalue weighted by Crippen LogP contribution is -2.30. The number of oxime groups is 2. The fraction of sp³-hybridized carbons (Fsp3) is 0.385. The van der Waals surface area contributed by atoms with Gasteiger partial charge in [-0.2, -0.15) is 0 Å². The van der Waals surface area contributed by atoms with Gasteiger partial charge in [0.2, 0.25) is 0 Å². The van der Waals surface area contributed by atoms with Gasteiger partial charge in [-0.15, -0.1) is 0 Å². The molecular formula is C13H16N2O2. The second-order valence-corrected chi connectivity index (χ2v) is 4.44. The molecule has 4 heteroatoms. The average molecular weight is 232 g/mol. The van der Waals surface area contributed by atoms with Crippen molar-refractivity contribution in [3.63, 3.8) is 0 Å². The molecule has 2 N–H and O–H groups in total. The number of rotatable bonds is 1. The highest BCUT2D eigenvalue weighted by atomic mass is 16.4. The van der Waals surface area contributed by atoms with Crippen LogP contribution in [0.25, 0.3) is 0 Å². The third-order valence-corrected chi connectivity index (χ3v) is 3.47. The van der Waals surface area contributed by atoms with Gasteiger partial charge in [0.1, 0.15) is 0 Å². The van der Waals surface area contributed by atoms with E-state index in [4.69, 9.17) is 10.4 Å². The zero-order valence-electron chi connectivity index (χ0n) is 9.74. The van der Waals surface area contributed by atoms with Crippen LogP contribution in [0.1, 0.15) is 31.2 Å². The first-order chi connectivity index (χ1) is 8.26. The SMILES string of the molecule is CC1/C(=N/O)C/C(=N\O)CC1c1ccccc1. The Morgan fingerprint density at radius 3 is 2.41 bits per heavy atom. The van der Waals surface area contributed by atoms with Gasteiger partial charge in [-0.05, 0) is 17.9 Å². The molecule has 0 bridgehead atoms. The second kappa shape index (κ2) is 4.99. The molecule has 0 heterocycles. The molecule has 1 aliphatic carbocycles. The van der Waals surface area contributed by atoms with E-state index in [1.165, 1.54) is 5.56 Å². The summed E-state index contributed by atoms with van der Waals surface area (Å²) >= 11 is 0. The van der Waals surface area contributed by atoms with Crippen molar-refractivity contribution in [1.29, 1.82) is 0 Å². The van der Waals surface area contributed by atoms with E-state index in [1.807, 2.05) is 25.1 Å². The lowest BCUT2D eigenvalue weighted by Gasteiger charge is -2.30. The van der Waals surface area contributed by atoms with Crippen molar-refractivity contribution >= 4 is 11.4 Å². The van der Waals surface area contributed by atoms with Crippen LogP contribution in [0.4, 0.5) is 0 Å². The van der Waals surface area contributed by atoms with E-state index < -0.39 is 0 Å². The molecule has 0 aromatic heterocycles. The van der Waals surface area contributed by atoms with Crippen molar-refractivity contribution in [2.45, 2.75) is 25.7 Å². The van der Waals surface area contributed by atoms with Gasteiger partial charge < -0.3 is 10.4 Å². The monoisotopic (exact) mass is 232 g/mol. The molecular weight excluding hydrogens is 216 g/mol. The molecule has 17 heavy (non-hydrogen) atoms. The van der Waals surface area contributed by atoms with Crippen molar-refractivity contribution in [1.82, 2.24) is 0 Å². The molecule has 0 amide bonds. The van der Waals surface area contributed by atoms with Crippen LogP contribution >= 0.6 is 0 Å². The van der Waals surface area contributed by atoms with Crippen LogP contribution in [0.15, 0.2) is 40.6 Å². The Morgan fingerprint density at radius 1 is 1.12 bits per heavy atom. The van der Waals surface area contributed by atoms with Gasteiger partial charge in [0.15, 0.2) is 0 Å². The van der Waals surface area contributed by atoms with E-state index in [1.54, 1.807) is 0 Å². The van der Waals surface area contributed by atoms with Gasteiger partial charge in [0, 0.05) is 12.3 Å². The van der Waals surface area contributed by atoms with Crippen molar-refractivity contribution in [3.8, 4) is 0 Å². The minimum Gasteiger partial charge on any atom is -0.411 e. The summed E-state index contributed by atoms with van der Waals surface area (Å²) in [6.45, 7) is 2.04. The quantitative estimate of drug-likeness (QED) is 0.577. The van der Waals surface area contributed by atoms with Gasteiger partial charge in [0.05, 0.1) is 11.4 Å². The maximum atomic E-state index is 8.99. The number of hydrogen-bond acceptors (Lipinski definition) is 4. The first kappa shape index (κ1) is 11.6. The number of hydrogen-bond donors (Lipinski definition) is 2. The van der Waals surface area contributed by atoms with Crippen LogP contribution in [0.2, 0.25) is 0 Å². The first-order valence-electron chi connectivity index (χ1n) is 5.71. The summed E-state index contributed by atoms with van der Waals surface area (Å²) in [5.41, 5.74) is 2.53. The molecule has 0 aliphatic heterocycles. The Labute approximate surface area is 100 Å². The van der Waals surface area contributed by atoms with E-state index in [0.717, 1.165) is 0 Å². The highest BCUT2D eigenvalue weighted by Gasteiger charge is 2.31. The Bertz CT molecular complexity index is 440. The van der Waals surface area contributed by atoms with Gasteiger partial charge in [-0.1, -0.05) is 47.6 Å². The molecule has 2 rings (SSSR count). The Kier molecular flexibility index (Phi) is 3.42. The highest BCUT2D eigenvalue weighted by Crippen LogP contribution is 2.34. The van der Waals surface area contributed by atoms with Crippen LogP contribution in [0.3, 0.4) is 0 Å². The predicted molar refractivity (Wildman–Crippen MR) is 66.0 cm³/mol. The zero-order valence-corrected chi connectivity index (χ0v) is 9.74. The van der Waals surface area contributed by atoms with Crippen molar-refractivity contribution in [2.75, 3.05) is 0 Å². The molecule has 1 aliphatic rings. The fourth-order valence-electron chi connectivity index (χ4n) is 2.41. The molecule has 2 atom stereocenters. The Balaban J connectivity index is 2.32. The first-order valence-corrected chi connectivity index (χ1v) is 5.71. The van der Waals surface area contributed by atoms with E-state index >= 15 is 0 Å². The summed E-state index contributed by atoms with van der Waals surface area (Å²) in [7, 11) is 0. The second-order valence-electron chi connectivity index (χ2n) is 4.44. The summed E-state index contributed by atoms with van der Waals surface area (Å²) in [6.07, 6.45) is 1.16. The molecule has 1 aromatic rings. The molecule has 0 spiro atoms. The Hall–Kier alpha value is -1.84. The maximum absolute atomic E-state index is 8.99. The molecule has 1 aromatic carbocycles. The van der Waals surface area contributed by atoms with Crippen molar-refractivity contribution in [3.05, 3.63) is 35.9 Å². The molecule has 2 unspecified atom stereocenters. The summed E-state index contributed by atoms with van der Waals surface area (Å²) < 4.78 is 0. The normalized spacial score (nSPS) is 29.7. The molecule has 1 fully saturated rings. The molecule has 0 saturated heterocycles. The minimum absolute atomic E-state index is 0.160. The van der Waals surface area contributed by atoms with Crippen LogP contribution in [-0.4, -0.2) is 21.8 Å². The standard InChI is InChI=1S/C13H16N2O2/c1-9-12(10-5-3-2-4-6-10)7-11(14-16)8-13(9)15-17/h2-6,9,12,16-17H,7-8H2,1H3/b14-11-,15-13+. The van der Waals surface area contributed by atoms with Gasteiger partial charge in [-0.3, -0.25) is 0 Å². The smallest absolute Gasteiger partial charge is 0.0662 e. The lowest BCUT2D eigenvalue weighted by atomic mass is 9.74. The van der Waals surface area contributed by atoms with E-state index in [2.05, 4.69) is 22.4 Å². The summed E-state index contributed by atoms with van der Waals surface area (Å²) in [6, 6.07) is 10.1. The fourth-order valence-corrected chi connectivity index (χ4v) is 2.41. The topological polar surface area (TPSA) is 65.2 Å². The van der Waals surface area contributed by atoms with Gasteiger partial charge in [-0.25, -0.2) is 0 Å². The number of nitrogens with zero attached hydrogens (tertiary/aromatic N) is 2. The predicted octanol–water partition coefficient (Wildman–Crippen LogP) is 2.86. The summed E-state index contributed by atoms with van der Waals surface area (Å²) in [5.74, 6) is 0.370. The largest absolute Gasteiger partial charge is 0.411 e. The average Bonchev–Trinajstić information content (AvgIpc) is 2.40. The highest BCUT2D eigenvalue weighted by molar-refractivity contribution is 6.07. The van der Waals surface area contributed by atoms with E-state index in [-0.39, 0.29) is 11.8 Å². The molecule has 1 saturated carbocycles. The summed E-state index contributed by atoms with van der Waals surface area (Å²) in [5, 5.41) is 24.5. The van der Waals surface area contributed by atoms with Crippen LogP contribution in [-0.2, 0) is 0 Å². The van der Waals surface area contributed by atoms with Gasteiger partial charge in [0.25, 0.3) is 0 Å². The third-order valence-electron chi connectivity index (χ3n) is 3.47. The summed E-state index contributed by atoms with van der Waals surface area (Å²) in [4.78, 5) is 0. The maximum Gasteiger partial charge on any atom is 0.0662 e. The molecule has 90 valence electrons. The van der Waals surface area contributed by atoms with Crippen molar-refractivity contribution in [2.24, 2.45) is 16.2 Å². The van der Waals surface area contributed by atoms with E-state index in [9.17, 15) is 0 Å². The minimum atomic E-state index is 0.160. The Morgan fingerprint density at radius 2 is 1.82 bits per heavy atom. The van der Waals surface area contributed by atoms with Crippen LogP contribution in [0.5, 0.6) is 0 Å². The van der Waals surface area contributed by atoms with Crippen LogP contribution in [0, 0.1) is 5.92 Å². The third kappa shape index (κ3) is 2.30. The lowest BCUT2D eigenvalue weighted by molar-refractivity contribution is 0.306. The van der Waals surface area contributed by atoms with Crippen LogP contribution < -0.4 is 0 Å². The zero-order chi connectivity index (χ0) is 12.3. The van der Waals surface area contributed by atoms with Crippen molar-refractivity contribution < 1.29 is 10.4 Å². The molecule has 0 radical (unpaired) electrons. The molecule has 4 nitrogen and oxygen atoms in total. The van der Waals surface area contributed by atoms with Gasteiger partial charge >= 0.3 is 0 Å². The number of benzene rings is 1.